The molecule has 0 fully saturated rings. The second-order valence-electron chi connectivity index (χ2n) is 6.34. The molecule has 164 valence electrons. The Balaban J connectivity index is 2.23. The number of ether oxygens (including phenoxy) is 1. The zero-order valence-electron chi connectivity index (χ0n) is 17.0. The number of nitrogens with one attached hydrogen (secondary N) is 1. The number of carbonyl (C=O) groups is 2. The van der Waals surface area contributed by atoms with Crippen molar-refractivity contribution in [3.63, 3.8) is 0 Å². The molecule has 30 heavy (non-hydrogen) atoms. The topological polar surface area (TPSA) is 115 Å². The fourth-order valence-corrected chi connectivity index (χ4v) is 5.11. The fourth-order valence-electron chi connectivity index (χ4n) is 2.86. The molecule has 0 aromatic carbocycles. The van der Waals surface area contributed by atoms with E-state index >= 15 is 0 Å². The summed E-state index contributed by atoms with van der Waals surface area (Å²) in [5.41, 5.74) is -0.510. The van der Waals surface area contributed by atoms with Crippen molar-refractivity contribution in [2.24, 2.45) is 0 Å². The van der Waals surface area contributed by atoms with Gasteiger partial charge in [0.15, 0.2) is 0 Å². The Labute approximate surface area is 179 Å². The van der Waals surface area contributed by atoms with Crippen LogP contribution in [0.15, 0.2) is 45.5 Å². The van der Waals surface area contributed by atoms with Gasteiger partial charge in [0.1, 0.15) is 6.54 Å². The summed E-state index contributed by atoms with van der Waals surface area (Å²) in [6, 6.07) is 5.32. The first-order valence-electron chi connectivity index (χ1n) is 9.33. The summed E-state index contributed by atoms with van der Waals surface area (Å²) < 4.78 is 32.4. The van der Waals surface area contributed by atoms with Gasteiger partial charge in [0.05, 0.1) is 24.5 Å². The van der Waals surface area contributed by atoms with E-state index in [1.807, 2.05) is 5.38 Å². The van der Waals surface area contributed by atoms with E-state index in [4.69, 9.17) is 0 Å². The van der Waals surface area contributed by atoms with Gasteiger partial charge in [0, 0.05) is 30.2 Å². The van der Waals surface area contributed by atoms with E-state index in [1.165, 1.54) is 28.8 Å². The monoisotopic (exact) mass is 455 g/mol. The third-order valence-electron chi connectivity index (χ3n) is 4.43. The van der Waals surface area contributed by atoms with Crippen LogP contribution in [0.1, 0.15) is 31.2 Å². The number of methoxy groups -OCH3 is 1. The number of hydrogen-bond donors (Lipinski definition) is 1. The zero-order valence-corrected chi connectivity index (χ0v) is 18.7. The Kier molecular flexibility index (Phi) is 8.33. The van der Waals surface area contributed by atoms with Crippen molar-refractivity contribution in [2.45, 2.75) is 37.8 Å². The minimum absolute atomic E-state index is 0.0615. The van der Waals surface area contributed by atoms with Crippen molar-refractivity contribution in [3.8, 4) is 0 Å². The van der Waals surface area contributed by atoms with E-state index in [-0.39, 0.29) is 31.0 Å². The van der Waals surface area contributed by atoms with Crippen LogP contribution < -0.4 is 10.9 Å². The lowest BCUT2D eigenvalue weighted by Gasteiger charge is -2.19. The highest BCUT2D eigenvalue weighted by Gasteiger charge is 2.24. The number of hydrogen-bond acceptors (Lipinski definition) is 7. The number of amides is 1. The molecule has 0 aliphatic heterocycles. The first-order valence-corrected chi connectivity index (χ1v) is 11.6. The molecule has 0 bridgehead atoms. The average Bonchev–Trinajstić information content (AvgIpc) is 3.24. The molecule has 11 heteroatoms. The summed E-state index contributed by atoms with van der Waals surface area (Å²) in [6.07, 6.45) is 1.10. The largest absolute Gasteiger partial charge is 0.469 e. The number of sulfonamides is 1. The molecule has 2 aromatic rings. The summed E-state index contributed by atoms with van der Waals surface area (Å²) >= 11 is 1.37. The maximum absolute atomic E-state index is 12.7. The second-order valence-corrected chi connectivity index (χ2v) is 9.25. The van der Waals surface area contributed by atoms with Gasteiger partial charge in [-0.1, -0.05) is 19.9 Å². The van der Waals surface area contributed by atoms with E-state index in [0.717, 1.165) is 21.7 Å². The number of esters is 1. The Hall–Kier alpha value is -2.50. The number of rotatable bonds is 10. The molecule has 0 radical (unpaired) electrons. The molecule has 0 spiro atoms. The normalized spacial score (nSPS) is 12.5. The van der Waals surface area contributed by atoms with Gasteiger partial charge in [-0.05, 0) is 17.5 Å². The smallest absolute Gasteiger partial charge is 0.307 e. The average molecular weight is 456 g/mol. The summed E-state index contributed by atoms with van der Waals surface area (Å²) in [6.45, 7) is 3.62. The van der Waals surface area contributed by atoms with E-state index in [0.29, 0.717) is 0 Å². The van der Waals surface area contributed by atoms with Gasteiger partial charge in [-0.25, -0.2) is 8.42 Å². The number of aromatic nitrogens is 1. The lowest BCUT2D eigenvalue weighted by atomic mass is 10.1. The SMILES string of the molecule is CCN(CC)S(=O)(=O)c1ccc(=O)n(CC(=O)NC(CC(=O)OC)c2cccs2)c1. The van der Waals surface area contributed by atoms with Crippen LogP contribution in [0.5, 0.6) is 0 Å². The standard InChI is InChI=1S/C19H25N3O6S2/c1-4-22(5-2)30(26,27)14-8-9-18(24)21(12-14)13-17(23)20-15(11-19(25)28-3)16-7-6-10-29-16/h6-10,12,15H,4-5,11,13H2,1-3H3,(H,20,23). The van der Waals surface area contributed by atoms with Crippen LogP contribution in [-0.4, -0.2) is 49.4 Å². The van der Waals surface area contributed by atoms with Crippen LogP contribution >= 0.6 is 11.3 Å². The summed E-state index contributed by atoms with van der Waals surface area (Å²) in [4.78, 5) is 37.1. The van der Waals surface area contributed by atoms with Crippen molar-refractivity contribution in [1.29, 1.82) is 0 Å². The third kappa shape index (κ3) is 5.77. The maximum atomic E-state index is 12.7. The molecule has 2 rings (SSSR count). The molecule has 1 N–H and O–H groups in total. The number of nitrogens with zero attached hydrogens (tertiary/aromatic N) is 2. The van der Waals surface area contributed by atoms with E-state index in [9.17, 15) is 22.8 Å². The van der Waals surface area contributed by atoms with Crippen LogP contribution in [0.25, 0.3) is 0 Å². The molecular weight excluding hydrogens is 430 g/mol. The van der Waals surface area contributed by atoms with Crippen LogP contribution in [0.4, 0.5) is 0 Å². The summed E-state index contributed by atoms with van der Waals surface area (Å²) in [5, 5.41) is 4.53. The first-order chi connectivity index (χ1) is 14.2. The van der Waals surface area contributed by atoms with E-state index in [1.54, 1.807) is 26.0 Å². The first kappa shape index (κ1) is 23.8. The lowest BCUT2D eigenvalue weighted by Crippen LogP contribution is -2.36. The summed E-state index contributed by atoms with van der Waals surface area (Å²) in [7, 11) is -2.51. The molecule has 1 amide bonds. The Morgan fingerprint density at radius 1 is 1.23 bits per heavy atom. The van der Waals surface area contributed by atoms with Crippen molar-refractivity contribution >= 4 is 33.2 Å². The molecule has 0 aliphatic rings. The molecule has 1 atom stereocenters. The van der Waals surface area contributed by atoms with Crippen molar-refractivity contribution in [1.82, 2.24) is 14.2 Å². The highest BCUT2D eigenvalue weighted by molar-refractivity contribution is 7.89. The fraction of sp³-hybridized carbons (Fsp3) is 0.421. The van der Waals surface area contributed by atoms with Crippen molar-refractivity contribution < 1.29 is 22.7 Å². The Morgan fingerprint density at radius 2 is 1.93 bits per heavy atom. The van der Waals surface area contributed by atoms with E-state index in [2.05, 4.69) is 10.1 Å². The molecule has 9 nitrogen and oxygen atoms in total. The predicted octanol–water partition coefficient (Wildman–Crippen LogP) is 1.36. The minimum Gasteiger partial charge on any atom is -0.469 e. The van der Waals surface area contributed by atoms with Gasteiger partial charge in [-0.15, -0.1) is 11.3 Å². The highest BCUT2D eigenvalue weighted by atomic mass is 32.2. The molecule has 0 aliphatic carbocycles. The molecule has 0 saturated carbocycles. The molecule has 0 saturated heterocycles. The minimum atomic E-state index is -3.77. The Bertz CT molecular complexity index is 1030. The zero-order chi connectivity index (χ0) is 22.3. The highest BCUT2D eigenvalue weighted by Crippen LogP contribution is 2.22. The summed E-state index contributed by atoms with van der Waals surface area (Å²) in [5.74, 6) is -1.02. The third-order valence-corrected chi connectivity index (χ3v) is 7.45. The van der Waals surface area contributed by atoms with Gasteiger partial charge in [-0.3, -0.25) is 14.4 Å². The van der Waals surface area contributed by atoms with Gasteiger partial charge >= 0.3 is 5.97 Å². The molecule has 2 heterocycles. The Morgan fingerprint density at radius 3 is 2.50 bits per heavy atom. The van der Waals surface area contributed by atoms with E-state index < -0.39 is 33.5 Å². The van der Waals surface area contributed by atoms with Crippen LogP contribution in [0, 0.1) is 0 Å². The van der Waals surface area contributed by atoms with Crippen LogP contribution in [0.3, 0.4) is 0 Å². The number of pyridine rings is 1. The molecule has 2 aromatic heterocycles. The maximum Gasteiger partial charge on any atom is 0.307 e. The molecule has 1 unspecified atom stereocenters. The lowest BCUT2D eigenvalue weighted by molar-refractivity contribution is -0.141. The van der Waals surface area contributed by atoms with Gasteiger partial charge in [0.2, 0.25) is 15.9 Å². The van der Waals surface area contributed by atoms with Gasteiger partial charge in [-0.2, -0.15) is 4.31 Å². The number of thiophene rings is 1. The second kappa shape index (κ2) is 10.5. The predicted molar refractivity (Wildman–Crippen MR) is 113 cm³/mol. The van der Waals surface area contributed by atoms with Gasteiger partial charge < -0.3 is 14.6 Å². The van der Waals surface area contributed by atoms with Crippen molar-refractivity contribution in [2.75, 3.05) is 20.2 Å². The quantitative estimate of drug-likeness (QED) is 0.541. The van der Waals surface area contributed by atoms with Crippen LogP contribution in [-0.2, 0) is 30.9 Å². The van der Waals surface area contributed by atoms with Crippen LogP contribution in [0.2, 0.25) is 0 Å². The number of carbonyl (C=O) groups excluding carboxylic acids is 2. The van der Waals surface area contributed by atoms with Gasteiger partial charge in [0.25, 0.3) is 5.56 Å². The van der Waals surface area contributed by atoms with Crippen molar-refractivity contribution in [3.05, 3.63) is 51.1 Å². The molecular formula is C19H25N3O6S2.